The smallest absolute Gasteiger partial charge is 0.230 e. The third-order valence-electron chi connectivity index (χ3n) is 5.51. The van der Waals surface area contributed by atoms with Crippen molar-refractivity contribution >= 4 is 11.8 Å². The van der Waals surface area contributed by atoms with Gasteiger partial charge >= 0.3 is 0 Å². The van der Waals surface area contributed by atoms with E-state index in [1.165, 1.54) is 0 Å². The summed E-state index contributed by atoms with van der Waals surface area (Å²) >= 11 is 0. The lowest BCUT2D eigenvalue weighted by atomic mass is 9.81. The van der Waals surface area contributed by atoms with Crippen LogP contribution in [-0.4, -0.2) is 42.4 Å². The van der Waals surface area contributed by atoms with Crippen LogP contribution in [-0.2, 0) is 9.59 Å². The third-order valence-corrected chi connectivity index (χ3v) is 5.51. The molecule has 3 aliphatic rings. The quantitative estimate of drug-likeness (QED) is 0.778. The zero-order chi connectivity index (χ0) is 14.2. The summed E-state index contributed by atoms with van der Waals surface area (Å²) in [4.78, 5) is 26.3. The molecule has 0 aromatic heterocycles. The van der Waals surface area contributed by atoms with Crippen molar-refractivity contribution < 1.29 is 9.59 Å². The number of piperidine rings is 2. The fraction of sp³-hybridized carbons (Fsp3) is 0.867. The van der Waals surface area contributed by atoms with E-state index in [4.69, 9.17) is 5.73 Å². The number of rotatable bonds is 2. The molecule has 112 valence electrons. The van der Waals surface area contributed by atoms with E-state index >= 15 is 0 Å². The van der Waals surface area contributed by atoms with Gasteiger partial charge in [-0.25, -0.2) is 0 Å². The number of hydrogen-bond acceptors (Lipinski definition) is 3. The summed E-state index contributed by atoms with van der Waals surface area (Å²) in [5.74, 6) is 0.870. The van der Waals surface area contributed by atoms with Gasteiger partial charge in [-0.15, -0.1) is 0 Å². The summed E-state index contributed by atoms with van der Waals surface area (Å²) < 4.78 is 0. The Bertz CT molecular complexity index is 404. The predicted octanol–water partition coefficient (Wildman–Crippen LogP) is 0.633. The van der Waals surface area contributed by atoms with Gasteiger partial charge in [0.25, 0.3) is 0 Å². The minimum absolute atomic E-state index is 0.167. The predicted molar refractivity (Wildman–Crippen MR) is 75.8 cm³/mol. The molecular weight excluding hydrogens is 254 g/mol. The molecule has 5 nitrogen and oxygen atoms in total. The van der Waals surface area contributed by atoms with E-state index in [0.29, 0.717) is 18.9 Å². The van der Waals surface area contributed by atoms with E-state index in [2.05, 4.69) is 5.32 Å². The van der Waals surface area contributed by atoms with Gasteiger partial charge in [0.1, 0.15) is 0 Å². The Kier molecular flexibility index (Phi) is 3.71. The highest BCUT2D eigenvalue weighted by Gasteiger charge is 2.44. The molecule has 2 amide bonds. The summed E-state index contributed by atoms with van der Waals surface area (Å²) in [6, 6.07) is 0.276. The van der Waals surface area contributed by atoms with Crippen molar-refractivity contribution in [3.63, 3.8) is 0 Å². The molecule has 3 rings (SSSR count). The molecule has 0 bridgehead atoms. The highest BCUT2D eigenvalue weighted by atomic mass is 16.2. The zero-order valence-electron chi connectivity index (χ0n) is 12.1. The van der Waals surface area contributed by atoms with Gasteiger partial charge < -0.3 is 16.0 Å². The van der Waals surface area contributed by atoms with Crippen molar-refractivity contribution in [2.24, 2.45) is 17.1 Å². The first-order valence-corrected chi connectivity index (χ1v) is 7.93. The van der Waals surface area contributed by atoms with Gasteiger partial charge in [0, 0.05) is 32.1 Å². The largest absolute Gasteiger partial charge is 0.353 e. The molecule has 2 unspecified atom stereocenters. The fourth-order valence-electron chi connectivity index (χ4n) is 4.19. The standard InChI is InChI=1S/C15H25N3O2/c16-10-15(6-1-2-7-15)14(20)18-8-5-12-11(9-18)3-4-13(19)17-12/h11-12H,1-10,16H2,(H,17,19). The number of nitrogens with zero attached hydrogens (tertiary/aromatic N) is 1. The number of fused-ring (bicyclic) bond motifs is 1. The topological polar surface area (TPSA) is 75.4 Å². The second-order valence-electron chi connectivity index (χ2n) is 6.70. The van der Waals surface area contributed by atoms with Gasteiger partial charge in [0.2, 0.25) is 11.8 Å². The number of nitrogens with one attached hydrogen (secondary N) is 1. The van der Waals surface area contributed by atoms with Crippen LogP contribution >= 0.6 is 0 Å². The van der Waals surface area contributed by atoms with E-state index < -0.39 is 0 Å². The number of carbonyl (C=O) groups excluding carboxylic acids is 2. The Morgan fingerprint density at radius 1 is 1.35 bits per heavy atom. The van der Waals surface area contributed by atoms with Crippen LogP contribution in [0.15, 0.2) is 0 Å². The Hall–Kier alpha value is -1.10. The van der Waals surface area contributed by atoms with Crippen molar-refractivity contribution in [1.82, 2.24) is 10.2 Å². The second-order valence-corrected chi connectivity index (χ2v) is 6.70. The number of carbonyl (C=O) groups is 2. The van der Waals surface area contributed by atoms with Crippen LogP contribution in [0.25, 0.3) is 0 Å². The van der Waals surface area contributed by atoms with Crippen LogP contribution < -0.4 is 11.1 Å². The molecule has 3 N–H and O–H groups in total. The van der Waals surface area contributed by atoms with Crippen LogP contribution in [0, 0.1) is 11.3 Å². The molecule has 0 spiro atoms. The average molecular weight is 279 g/mol. The lowest BCUT2D eigenvalue weighted by Crippen LogP contribution is -2.57. The molecule has 2 aliphatic heterocycles. The molecular formula is C15H25N3O2. The monoisotopic (exact) mass is 279 g/mol. The minimum Gasteiger partial charge on any atom is -0.353 e. The van der Waals surface area contributed by atoms with Gasteiger partial charge in [0.15, 0.2) is 0 Å². The van der Waals surface area contributed by atoms with E-state index in [1.807, 2.05) is 4.90 Å². The molecule has 0 aromatic rings. The number of likely N-dealkylation sites (tertiary alicyclic amines) is 1. The van der Waals surface area contributed by atoms with Crippen molar-refractivity contribution in [3.8, 4) is 0 Å². The molecule has 2 atom stereocenters. The minimum atomic E-state index is -0.287. The van der Waals surface area contributed by atoms with Gasteiger partial charge in [-0.3, -0.25) is 9.59 Å². The van der Waals surface area contributed by atoms with Gasteiger partial charge in [0.05, 0.1) is 5.41 Å². The van der Waals surface area contributed by atoms with Crippen LogP contribution in [0.5, 0.6) is 0 Å². The Morgan fingerprint density at radius 3 is 2.80 bits per heavy atom. The summed E-state index contributed by atoms with van der Waals surface area (Å²) in [6.07, 6.45) is 6.55. The second kappa shape index (κ2) is 5.35. The maximum atomic E-state index is 12.9. The van der Waals surface area contributed by atoms with E-state index in [0.717, 1.165) is 51.6 Å². The van der Waals surface area contributed by atoms with Crippen molar-refractivity contribution in [2.75, 3.05) is 19.6 Å². The Balaban J connectivity index is 1.67. The first kappa shape index (κ1) is 13.9. The average Bonchev–Trinajstić information content (AvgIpc) is 2.96. The third kappa shape index (κ3) is 2.32. The van der Waals surface area contributed by atoms with Gasteiger partial charge in [-0.2, -0.15) is 0 Å². The Labute approximate surface area is 120 Å². The summed E-state index contributed by atoms with van der Waals surface area (Å²) in [7, 11) is 0. The first-order chi connectivity index (χ1) is 9.64. The maximum absolute atomic E-state index is 12.9. The number of amides is 2. The maximum Gasteiger partial charge on any atom is 0.230 e. The molecule has 2 heterocycles. The van der Waals surface area contributed by atoms with Crippen LogP contribution in [0.1, 0.15) is 44.9 Å². The molecule has 0 aromatic carbocycles. The SMILES string of the molecule is NCC1(C(=O)N2CCC3NC(=O)CCC3C2)CCCC1. The molecule has 3 fully saturated rings. The Morgan fingerprint density at radius 2 is 2.10 bits per heavy atom. The highest BCUT2D eigenvalue weighted by Crippen LogP contribution is 2.40. The molecule has 20 heavy (non-hydrogen) atoms. The lowest BCUT2D eigenvalue weighted by Gasteiger charge is -2.44. The molecule has 2 saturated heterocycles. The fourth-order valence-corrected chi connectivity index (χ4v) is 4.19. The van der Waals surface area contributed by atoms with Crippen molar-refractivity contribution in [3.05, 3.63) is 0 Å². The van der Waals surface area contributed by atoms with Crippen LogP contribution in [0.2, 0.25) is 0 Å². The zero-order valence-corrected chi connectivity index (χ0v) is 12.1. The molecule has 0 radical (unpaired) electrons. The summed E-state index contributed by atoms with van der Waals surface area (Å²) in [6.45, 7) is 2.04. The number of hydrogen-bond donors (Lipinski definition) is 2. The molecule has 5 heteroatoms. The van der Waals surface area contributed by atoms with Crippen LogP contribution in [0.4, 0.5) is 0 Å². The van der Waals surface area contributed by atoms with E-state index in [-0.39, 0.29) is 23.3 Å². The number of nitrogens with two attached hydrogens (primary N) is 1. The van der Waals surface area contributed by atoms with Gasteiger partial charge in [-0.1, -0.05) is 12.8 Å². The van der Waals surface area contributed by atoms with Crippen LogP contribution in [0.3, 0.4) is 0 Å². The lowest BCUT2D eigenvalue weighted by molar-refractivity contribution is -0.144. The normalized spacial score (nSPS) is 32.6. The highest BCUT2D eigenvalue weighted by molar-refractivity contribution is 5.83. The van der Waals surface area contributed by atoms with E-state index in [9.17, 15) is 9.59 Å². The van der Waals surface area contributed by atoms with Crippen molar-refractivity contribution in [1.29, 1.82) is 0 Å². The van der Waals surface area contributed by atoms with Crippen molar-refractivity contribution in [2.45, 2.75) is 51.0 Å². The molecule has 1 saturated carbocycles. The first-order valence-electron chi connectivity index (χ1n) is 7.93. The van der Waals surface area contributed by atoms with Gasteiger partial charge in [-0.05, 0) is 31.6 Å². The van der Waals surface area contributed by atoms with E-state index in [1.54, 1.807) is 0 Å². The summed E-state index contributed by atoms with van der Waals surface area (Å²) in [5, 5.41) is 3.07. The molecule has 1 aliphatic carbocycles. The summed E-state index contributed by atoms with van der Waals surface area (Å²) in [5.41, 5.74) is 5.63.